The number of methoxy groups -OCH3 is 1. The van der Waals surface area contributed by atoms with E-state index in [1.54, 1.807) is 7.11 Å². The van der Waals surface area contributed by atoms with Crippen LogP contribution in [0.25, 0.3) is 0 Å². The number of ether oxygens (including phenoxy) is 1. The number of hydrogen-bond donors (Lipinski definition) is 4. The van der Waals surface area contributed by atoms with Crippen LogP contribution in [0.1, 0.15) is 44.2 Å². The average molecular weight is 388 g/mol. The summed E-state index contributed by atoms with van der Waals surface area (Å²) < 4.78 is 5.49. The molecule has 3 aliphatic heterocycles. The molecule has 4 rings (SSSR count). The van der Waals surface area contributed by atoms with Gasteiger partial charge in [0.25, 0.3) is 0 Å². The number of likely N-dealkylation sites (tertiary alicyclic amines) is 1. The van der Waals surface area contributed by atoms with Crippen molar-refractivity contribution in [3.8, 4) is 5.75 Å². The van der Waals surface area contributed by atoms with E-state index in [9.17, 15) is 4.79 Å². The van der Waals surface area contributed by atoms with Crippen LogP contribution in [0.3, 0.4) is 0 Å². The highest BCUT2D eigenvalue weighted by atomic mass is 16.5. The molecule has 3 heterocycles. The first kappa shape index (κ1) is 19.6. The fraction of sp³-hybridized carbons (Fsp3) is 0.667. The molecule has 0 saturated carbocycles. The molecule has 3 saturated heterocycles. The van der Waals surface area contributed by atoms with E-state index in [2.05, 4.69) is 39.6 Å². The minimum Gasteiger partial charge on any atom is -0.496 e. The Morgan fingerprint density at radius 2 is 2.11 bits per heavy atom. The van der Waals surface area contributed by atoms with Crippen molar-refractivity contribution in [1.82, 2.24) is 26.6 Å². The lowest BCUT2D eigenvalue weighted by molar-refractivity contribution is -0.135. The van der Waals surface area contributed by atoms with Crippen LogP contribution >= 0.6 is 0 Å². The number of nitrogens with zero attached hydrogens (tertiary/aromatic N) is 1. The molecule has 0 aromatic heterocycles. The zero-order chi connectivity index (χ0) is 19.5. The van der Waals surface area contributed by atoms with Crippen molar-refractivity contribution >= 4 is 5.91 Å². The van der Waals surface area contributed by atoms with Gasteiger partial charge in [-0.3, -0.25) is 15.6 Å². The molecule has 1 aromatic carbocycles. The van der Waals surface area contributed by atoms with Gasteiger partial charge in [0.2, 0.25) is 5.91 Å². The zero-order valence-corrected chi connectivity index (χ0v) is 16.9. The van der Waals surface area contributed by atoms with Crippen LogP contribution in [0.2, 0.25) is 0 Å². The SMILES string of the molecule is CCC1CNNC1C1CCCN(C(=O)C2CC(c3ccccc3OC)NN2)C1. The summed E-state index contributed by atoms with van der Waals surface area (Å²) in [5.74, 6) is 2.25. The van der Waals surface area contributed by atoms with Crippen molar-refractivity contribution in [3.63, 3.8) is 0 Å². The van der Waals surface area contributed by atoms with Crippen molar-refractivity contribution in [1.29, 1.82) is 0 Å². The van der Waals surface area contributed by atoms with Gasteiger partial charge in [-0.05, 0) is 37.2 Å². The van der Waals surface area contributed by atoms with Crippen LogP contribution in [0.5, 0.6) is 5.75 Å². The number of hydrogen-bond acceptors (Lipinski definition) is 6. The largest absolute Gasteiger partial charge is 0.496 e. The third-order valence-corrected chi connectivity index (χ3v) is 6.66. The Kier molecular flexibility index (Phi) is 6.16. The molecule has 3 fully saturated rings. The average Bonchev–Trinajstić information content (AvgIpc) is 3.43. The molecule has 7 nitrogen and oxygen atoms in total. The van der Waals surface area contributed by atoms with Gasteiger partial charge in [0, 0.05) is 31.2 Å². The standard InChI is InChI=1S/C21H33N5O2/c1-3-14-12-22-25-20(14)15-7-6-10-26(13-15)21(27)18-11-17(23-24-18)16-8-4-5-9-19(16)28-2/h4-5,8-9,14-15,17-18,20,22-25H,3,6-7,10-13H2,1-2H3. The topological polar surface area (TPSA) is 77.7 Å². The monoisotopic (exact) mass is 387 g/mol. The molecular formula is C21H33N5O2. The van der Waals surface area contributed by atoms with Crippen LogP contribution in [-0.4, -0.2) is 49.6 Å². The quantitative estimate of drug-likeness (QED) is 0.611. The second-order valence-corrected chi connectivity index (χ2v) is 8.28. The number of carbonyl (C=O) groups excluding carboxylic acids is 1. The molecule has 0 bridgehead atoms. The van der Waals surface area contributed by atoms with Crippen molar-refractivity contribution in [3.05, 3.63) is 29.8 Å². The maximum absolute atomic E-state index is 13.2. The maximum Gasteiger partial charge on any atom is 0.241 e. The fourth-order valence-corrected chi connectivity index (χ4v) is 5.05. The Bertz CT molecular complexity index is 685. The summed E-state index contributed by atoms with van der Waals surface area (Å²) in [6.45, 7) is 5.00. The normalized spacial score (nSPS) is 33.2. The molecule has 28 heavy (non-hydrogen) atoms. The molecule has 1 amide bonds. The number of nitrogens with one attached hydrogen (secondary N) is 4. The summed E-state index contributed by atoms with van der Waals surface area (Å²) in [5.41, 5.74) is 14.4. The lowest BCUT2D eigenvalue weighted by atomic mass is 9.83. The van der Waals surface area contributed by atoms with E-state index in [1.807, 2.05) is 18.2 Å². The van der Waals surface area contributed by atoms with Crippen LogP contribution < -0.4 is 26.4 Å². The van der Waals surface area contributed by atoms with Crippen LogP contribution in [0.15, 0.2) is 24.3 Å². The first-order chi connectivity index (χ1) is 13.7. The number of hydrazine groups is 2. The smallest absolute Gasteiger partial charge is 0.241 e. The number of benzene rings is 1. The number of amides is 1. The third kappa shape index (κ3) is 3.89. The van der Waals surface area contributed by atoms with Gasteiger partial charge in [-0.2, -0.15) is 0 Å². The molecule has 1 aromatic rings. The Labute approximate surface area is 167 Å². The van der Waals surface area contributed by atoms with Crippen molar-refractivity contribution in [2.24, 2.45) is 11.8 Å². The van der Waals surface area contributed by atoms with E-state index < -0.39 is 0 Å². The van der Waals surface area contributed by atoms with Crippen LogP contribution in [-0.2, 0) is 4.79 Å². The van der Waals surface area contributed by atoms with E-state index in [0.29, 0.717) is 17.9 Å². The highest BCUT2D eigenvalue weighted by molar-refractivity contribution is 5.82. The van der Waals surface area contributed by atoms with Crippen LogP contribution in [0.4, 0.5) is 0 Å². The van der Waals surface area contributed by atoms with E-state index >= 15 is 0 Å². The Morgan fingerprint density at radius 1 is 1.25 bits per heavy atom. The highest BCUT2D eigenvalue weighted by Crippen LogP contribution is 2.32. The Balaban J connectivity index is 1.38. The summed E-state index contributed by atoms with van der Waals surface area (Å²) in [5, 5.41) is 0. The Hall–Kier alpha value is -1.67. The minimum atomic E-state index is -0.190. The number of para-hydroxylation sites is 1. The Morgan fingerprint density at radius 3 is 2.93 bits per heavy atom. The van der Waals surface area contributed by atoms with Gasteiger partial charge in [0.1, 0.15) is 11.8 Å². The molecule has 4 N–H and O–H groups in total. The van der Waals surface area contributed by atoms with Gasteiger partial charge < -0.3 is 9.64 Å². The summed E-state index contributed by atoms with van der Waals surface area (Å²) in [4.78, 5) is 15.3. The van der Waals surface area contributed by atoms with Gasteiger partial charge in [0.05, 0.1) is 13.2 Å². The lowest BCUT2D eigenvalue weighted by Gasteiger charge is -2.38. The molecule has 0 radical (unpaired) electrons. The lowest BCUT2D eigenvalue weighted by Crippen LogP contribution is -2.52. The predicted molar refractivity (Wildman–Crippen MR) is 108 cm³/mol. The number of piperidine rings is 1. The molecule has 0 spiro atoms. The first-order valence-corrected chi connectivity index (χ1v) is 10.6. The molecule has 154 valence electrons. The predicted octanol–water partition coefficient (Wildman–Crippen LogP) is 1.34. The first-order valence-electron chi connectivity index (χ1n) is 10.6. The molecule has 7 heteroatoms. The van der Waals surface area contributed by atoms with Gasteiger partial charge in [-0.1, -0.05) is 31.5 Å². The van der Waals surface area contributed by atoms with Crippen molar-refractivity contribution < 1.29 is 9.53 Å². The van der Waals surface area contributed by atoms with E-state index in [0.717, 1.165) is 43.8 Å². The van der Waals surface area contributed by atoms with E-state index in [4.69, 9.17) is 4.74 Å². The van der Waals surface area contributed by atoms with Crippen molar-refractivity contribution in [2.75, 3.05) is 26.7 Å². The van der Waals surface area contributed by atoms with E-state index in [1.165, 1.54) is 12.8 Å². The van der Waals surface area contributed by atoms with Crippen molar-refractivity contribution in [2.45, 2.75) is 50.7 Å². The molecular weight excluding hydrogens is 354 g/mol. The molecule has 0 aliphatic carbocycles. The third-order valence-electron chi connectivity index (χ3n) is 6.66. The van der Waals surface area contributed by atoms with Gasteiger partial charge in [-0.25, -0.2) is 10.9 Å². The number of carbonyl (C=O) groups is 1. The molecule has 5 atom stereocenters. The molecule has 5 unspecified atom stereocenters. The second-order valence-electron chi connectivity index (χ2n) is 8.28. The maximum atomic E-state index is 13.2. The summed E-state index contributed by atoms with van der Waals surface area (Å²) in [6, 6.07) is 8.37. The number of rotatable bonds is 5. The zero-order valence-electron chi connectivity index (χ0n) is 16.9. The van der Waals surface area contributed by atoms with Gasteiger partial charge in [0.15, 0.2) is 0 Å². The highest BCUT2D eigenvalue weighted by Gasteiger charge is 2.39. The molecule has 3 aliphatic rings. The summed E-state index contributed by atoms with van der Waals surface area (Å²) in [7, 11) is 1.69. The van der Waals surface area contributed by atoms with Gasteiger partial charge >= 0.3 is 0 Å². The minimum absolute atomic E-state index is 0.0795. The van der Waals surface area contributed by atoms with E-state index in [-0.39, 0.29) is 18.0 Å². The van der Waals surface area contributed by atoms with Gasteiger partial charge in [-0.15, -0.1) is 0 Å². The fourth-order valence-electron chi connectivity index (χ4n) is 5.05. The second kappa shape index (κ2) is 8.78. The summed E-state index contributed by atoms with van der Waals surface area (Å²) in [6.07, 6.45) is 4.19. The summed E-state index contributed by atoms with van der Waals surface area (Å²) >= 11 is 0. The van der Waals surface area contributed by atoms with Crippen LogP contribution in [0, 0.1) is 11.8 Å².